The average molecular weight is 530 g/mol. The first-order valence-electron chi connectivity index (χ1n) is 12.2. The number of nitrogens with one attached hydrogen (secondary N) is 5. The molecule has 3 aliphatic rings. The summed E-state index contributed by atoms with van der Waals surface area (Å²) in [6.07, 6.45) is 8.74. The molecule has 1 aromatic heterocycles. The van der Waals surface area contributed by atoms with E-state index in [-0.39, 0.29) is 23.8 Å². The molecule has 186 valence electrons. The number of hydrogen-bond acceptors (Lipinski definition) is 6. The summed E-state index contributed by atoms with van der Waals surface area (Å²) < 4.78 is 0. The van der Waals surface area contributed by atoms with E-state index in [0.29, 0.717) is 34.6 Å². The lowest BCUT2D eigenvalue weighted by molar-refractivity contribution is -0.117. The summed E-state index contributed by atoms with van der Waals surface area (Å²) in [4.78, 5) is 28.1. The number of amides is 2. The van der Waals surface area contributed by atoms with E-state index in [0.717, 1.165) is 36.9 Å². The van der Waals surface area contributed by atoms with Gasteiger partial charge in [0.15, 0.2) is 5.11 Å². The van der Waals surface area contributed by atoms with E-state index in [1.165, 1.54) is 22.6 Å². The van der Waals surface area contributed by atoms with Crippen molar-refractivity contribution in [2.75, 3.05) is 23.5 Å². The lowest BCUT2D eigenvalue weighted by atomic mass is 9.91. The van der Waals surface area contributed by atoms with Crippen LogP contribution in [0.25, 0.3) is 0 Å². The van der Waals surface area contributed by atoms with Crippen LogP contribution >= 0.6 is 35.3 Å². The van der Waals surface area contributed by atoms with Crippen LogP contribution in [-0.4, -0.2) is 35.8 Å². The summed E-state index contributed by atoms with van der Waals surface area (Å²) in [6, 6.07) is 8.21. The molecule has 1 aromatic carbocycles. The zero-order valence-corrected chi connectivity index (χ0v) is 22.2. The van der Waals surface area contributed by atoms with Crippen LogP contribution in [-0.2, 0) is 17.6 Å². The fourth-order valence-corrected chi connectivity index (χ4v) is 6.22. The van der Waals surface area contributed by atoms with Gasteiger partial charge in [-0.2, -0.15) is 0 Å². The van der Waals surface area contributed by atoms with Crippen LogP contribution in [0.5, 0.6) is 0 Å². The van der Waals surface area contributed by atoms with Crippen LogP contribution in [0.2, 0.25) is 0 Å². The molecule has 1 atom stereocenters. The maximum Gasteiger partial charge on any atom is 0.254 e. The van der Waals surface area contributed by atoms with Crippen molar-refractivity contribution in [3.8, 4) is 0 Å². The average Bonchev–Trinajstić information content (AvgIpc) is 3.78. The van der Waals surface area contributed by atoms with Crippen molar-refractivity contribution in [2.45, 2.75) is 55.9 Å². The van der Waals surface area contributed by atoms with Gasteiger partial charge in [-0.1, -0.05) is 6.07 Å². The van der Waals surface area contributed by atoms with E-state index in [2.05, 4.69) is 38.9 Å². The summed E-state index contributed by atoms with van der Waals surface area (Å²) in [5.41, 5.74) is 8.87. The topological polar surface area (TPSA) is 94.3 Å². The van der Waals surface area contributed by atoms with Gasteiger partial charge in [-0.15, -0.1) is 23.1 Å². The molecular formula is C25H31N5O2S3. The Morgan fingerprint density at radius 1 is 1.17 bits per heavy atom. The van der Waals surface area contributed by atoms with Gasteiger partial charge < -0.3 is 16.0 Å². The Kier molecular flexibility index (Phi) is 7.50. The van der Waals surface area contributed by atoms with Gasteiger partial charge >= 0.3 is 0 Å². The van der Waals surface area contributed by atoms with E-state index >= 15 is 0 Å². The second kappa shape index (κ2) is 10.8. The Bertz CT molecular complexity index is 1130. The monoisotopic (exact) mass is 529 g/mol. The van der Waals surface area contributed by atoms with Crippen molar-refractivity contribution in [3.05, 3.63) is 40.3 Å². The number of thioether (sulfide) groups is 1. The summed E-state index contributed by atoms with van der Waals surface area (Å²) >= 11 is 8.78. The molecule has 5 N–H and O–H groups in total. The van der Waals surface area contributed by atoms with Crippen molar-refractivity contribution in [2.24, 2.45) is 11.8 Å². The molecule has 2 amide bonds. The Balaban J connectivity index is 1.24. The third kappa shape index (κ3) is 6.29. The molecule has 3 aliphatic carbocycles. The van der Waals surface area contributed by atoms with Crippen molar-refractivity contribution in [1.82, 2.24) is 16.1 Å². The molecule has 2 saturated carbocycles. The summed E-state index contributed by atoms with van der Waals surface area (Å²) in [5.74, 6) is 0.659. The molecule has 0 saturated heterocycles. The fraction of sp³-hybridized carbons (Fsp3) is 0.480. The quantitative estimate of drug-likeness (QED) is 0.188. The number of anilines is 2. The second-order valence-corrected chi connectivity index (χ2v) is 11.9. The Hall–Kier alpha value is -2.30. The number of hydrogen-bond donors (Lipinski definition) is 5. The number of aryl methyl sites for hydroxylation is 1. The number of thiophene rings is 1. The van der Waals surface area contributed by atoms with Gasteiger partial charge in [0.25, 0.3) is 5.91 Å². The van der Waals surface area contributed by atoms with Crippen LogP contribution in [0.4, 0.5) is 10.7 Å². The highest BCUT2D eigenvalue weighted by Crippen LogP contribution is 2.40. The largest absolute Gasteiger partial charge is 0.358 e. The Morgan fingerprint density at radius 2 is 2.00 bits per heavy atom. The van der Waals surface area contributed by atoms with Crippen molar-refractivity contribution in [1.29, 1.82) is 0 Å². The van der Waals surface area contributed by atoms with Crippen molar-refractivity contribution in [3.63, 3.8) is 0 Å². The highest BCUT2D eigenvalue weighted by atomic mass is 32.2. The molecule has 35 heavy (non-hydrogen) atoms. The normalized spacial score (nSPS) is 18.8. The first-order valence-corrected chi connectivity index (χ1v) is 14.6. The minimum Gasteiger partial charge on any atom is -0.358 e. The van der Waals surface area contributed by atoms with Crippen LogP contribution in [0.15, 0.2) is 29.2 Å². The van der Waals surface area contributed by atoms with Gasteiger partial charge in [-0.05, 0) is 93.1 Å². The first-order chi connectivity index (χ1) is 17.0. The summed E-state index contributed by atoms with van der Waals surface area (Å²) in [6.45, 7) is 0.707. The molecule has 0 unspecified atom stereocenters. The third-order valence-electron chi connectivity index (χ3n) is 6.65. The molecule has 0 aliphatic heterocycles. The highest BCUT2D eigenvalue weighted by Gasteiger charge is 2.34. The zero-order valence-electron chi connectivity index (χ0n) is 19.7. The van der Waals surface area contributed by atoms with Gasteiger partial charge in [-0.25, -0.2) is 0 Å². The molecule has 1 heterocycles. The minimum atomic E-state index is -0.0720. The Labute approximate surface area is 219 Å². The van der Waals surface area contributed by atoms with Crippen LogP contribution in [0.3, 0.4) is 0 Å². The maximum atomic E-state index is 13.2. The van der Waals surface area contributed by atoms with E-state index in [4.69, 9.17) is 12.2 Å². The van der Waals surface area contributed by atoms with Crippen LogP contribution in [0, 0.1) is 11.8 Å². The number of hydrazine groups is 1. The van der Waals surface area contributed by atoms with E-state index in [1.807, 2.05) is 18.4 Å². The lowest BCUT2D eigenvalue weighted by Crippen LogP contribution is -2.46. The number of benzene rings is 1. The third-order valence-corrected chi connectivity index (χ3v) is 8.80. The number of fused-ring (bicyclic) bond motifs is 1. The van der Waals surface area contributed by atoms with E-state index < -0.39 is 0 Å². The summed E-state index contributed by atoms with van der Waals surface area (Å²) in [7, 11) is 0. The van der Waals surface area contributed by atoms with Gasteiger partial charge in [0, 0.05) is 28.3 Å². The molecule has 2 fully saturated rings. The fourth-order valence-electron chi connectivity index (χ4n) is 4.29. The Morgan fingerprint density at radius 3 is 2.74 bits per heavy atom. The first kappa shape index (κ1) is 24.4. The molecule has 0 bridgehead atoms. The van der Waals surface area contributed by atoms with E-state index in [1.54, 1.807) is 23.1 Å². The molecular weight excluding hydrogens is 499 g/mol. The predicted octanol–water partition coefficient (Wildman–Crippen LogP) is 4.31. The van der Waals surface area contributed by atoms with Crippen LogP contribution < -0.4 is 26.8 Å². The highest BCUT2D eigenvalue weighted by molar-refractivity contribution is 7.98. The number of carbonyl (C=O) groups excluding carboxylic acids is 2. The standard InChI is InChI=1S/C25H31N5O2S3/c1-34-18-4-2-3-17(11-18)29-30-25(33)27-16-9-10-20-19(12-16)21(23(32)26-13-14-5-6-14)24(35-20)28-22(31)15-7-8-15/h2-4,11,14-16,29H,5-10,12-13H2,1H3,(H,26,32)(H,28,31)(H2,27,30,33)/t16-/m0/s1. The number of carbonyl (C=O) groups is 2. The van der Waals surface area contributed by atoms with Crippen molar-refractivity contribution < 1.29 is 9.59 Å². The minimum absolute atomic E-state index is 0.0384. The predicted molar refractivity (Wildman–Crippen MR) is 147 cm³/mol. The zero-order chi connectivity index (χ0) is 24.4. The number of thiocarbonyl (C=S) groups is 1. The van der Waals surface area contributed by atoms with Gasteiger partial charge in [0.1, 0.15) is 5.00 Å². The molecule has 10 heteroatoms. The van der Waals surface area contributed by atoms with Gasteiger partial charge in [-0.3, -0.25) is 20.4 Å². The van der Waals surface area contributed by atoms with Crippen LogP contribution in [0.1, 0.15) is 52.9 Å². The molecule has 7 nitrogen and oxygen atoms in total. The second-order valence-electron chi connectivity index (χ2n) is 9.52. The van der Waals surface area contributed by atoms with Gasteiger partial charge in [0.05, 0.1) is 11.3 Å². The molecule has 5 rings (SSSR count). The molecule has 0 radical (unpaired) electrons. The van der Waals surface area contributed by atoms with Crippen molar-refractivity contribution >= 4 is 62.9 Å². The molecule has 2 aromatic rings. The van der Waals surface area contributed by atoms with E-state index in [9.17, 15) is 9.59 Å². The SMILES string of the molecule is CSc1cccc(NNC(=S)N[C@H]2CCc3sc(NC(=O)C4CC4)c(C(=O)NCC4CC4)c3C2)c1. The number of rotatable bonds is 9. The smallest absolute Gasteiger partial charge is 0.254 e. The van der Waals surface area contributed by atoms with Gasteiger partial charge in [0.2, 0.25) is 5.91 Å². The summed E-state index contributed by atoms with van der Waals surface area (Å²) in [5, 5.41) is 10.8. The lowest BCUT2D eigenvalue weighted by Gasteiger charge is -2.25. The molecule has 0 spiro atoms. The maximum absolute atomic E-state index is 13.2.